The summed E-state index contributed by atoms with van der Waals surface area (Å²) in [6.45, 7) is 0.430. The van der Waals surface area contributed by atoms with Gasteiger partial charge in [-0.15, -0.1) is 0 Å². The van der Waals surface area contributed by atoms with Crippen LogP contribution in [0.3, 0.4) is 0 Å². The van der Waals surface area contributed by atoms with Crippen LogP contribution in [-0.2, 0) is 50.6 Å². The average Bonchev–Trinajstić information content (AvgIpc) is 3.44. The van der Waals surface area contributed by atoms with Crippen molar-refractivity contribution in [1.82, 2.24) is 4.57 Å². The molecule has 0 radical (unpaired) electrons. The largest absolute Gasteiger partial charge is 0.490 e. The summed E-state index contributed by atoms with van der Waals surface area (Å²) in [5.41, 5.74) is 7.63. The van der Waals surface area contributed by atoms with E-state index in [2.05, 4.69) is 25.0 Å². The van der Waals surface area contributed by atoms with Gasteiger partial charge in [0.2, 0.25) is 0 Å². The molecule has 0 aliphatic carbocycles. The van der Waals surface area contributed by atoms with Gasteiger partial charge < -0.3 is 49.2 Å². The van der Waals surface area contributed by atoms with Crippen LogP contribution in [0.15, 0.2) is 24.4 Å². The molecule has 1 aromatic heterocycles. The highest BCUT2D eigenvalue weighted by Crippen LogP contribution is 2.66. The Morgan fingerprint density at radius 3 is 2.52 bits per heavy atom. The van der Waals surface area contributed by atoms with E-state index in [0.717, 1.165) is 0 Å². The smallest absolute Gasteiger partial charge is 0.464 e. The van der Waals surface area contributed by atoms with Crippen molar-refractivity contribution in [3.63, 3.8) is 0 Å². The molecule has 0 spiro atoms. The molecular formula is C23H31N2O16P3. The van der Waals surface area contributed by atoms with Crippen LogP contribution in [0.5, 0.6) is 0 Å². The Labute approximate surface area is 250 Å². The highest BCUT2D eigenvalue weighted by molar-refractivity contribution is 7.66. The molecule has 1 saturated heterocycles. The van der Waals surface area contributed by atoms with Gasteiger partial charge in [-0.1, -0.05) is 17.9 Å². The molecule has 1 fully saturated rings. The molecule has 1 aromatic carbocycles. The molecule has 2 aromatic rings. The Hall–Kier alpha value is -2.45. The van der Waals surface area contributed by atoms with Gasteiger partial charge in [-0.2, -0.15) is 8.62 Å². The number of rotatable bonds is 15. The molecule has 7 N–H and O–H groups in total. The van der Waals surface area contributed by atoms with E-state index >= 15 is 0 Å². The van der Waals surface area contributed by atoms with Gasteiger partial charge in [0.1, 0.15) is 25.5 Å². The van der Waals surface area contributed by atoms with Crippen LogP contribution in [0.1, 0.15) is 38.0 Å². The van der Waals surface area contributed by atoms with Gasteiger partial charge in [0.05, 0.1) is 30.4 Å². The van der Waals surface area contributed by atoms with Crippen LogP contribution >= 0.6 is 23.5 Å². The van der Waals surface area contributed by atoms with Crippen LogP contribution < -0.4 is 5.73 Å². The number of fused-ring (bicyclic) bond motifs is 1. The van der Waals surface area contributed by atoms with E-state index in [-0.39, 0.29) is 44.9 Å². The molecule has 3 rings (SSSR count). The first-order valence-corrected chi connectivity index (χ1v) is 17.3. The first-order chi connectivity index (χ1) is 20.5. The third kappa shape index (κ3) is 10.9. The number of aliphatic hydroxyl groups is 1. The molecule has 21 heteroatoms. The van der Waals surface area contributed by atoms with E-state index in [1.807, 2.05) is 0 Å². The van der Waals surface area contributed by atoms with Crippen LogP contribution in [0, 0.1) is 11.8 Å². The number of nitrogens with two attached hydrogens (primary N) is 1. The van der Waals surface area contributed by atoms with Gasteiger partial charge in [-0.3, -0.25) is 9.32 Å². The number of esters is 1. The maximum Gasteiger partial charge on any atom is 0.490 e. The summed E-state index contributed by atoms with van der Waals surface area (Å²) in [5.74, 6) is 5.02. The lowest BCUT2D eigenvalue weighted by molar-refractivity contribution is -0.149. The molecule has 5 unspecified atom stereocenters. The molecule has 18 nitrogen and oxygen atoms in total. The number of carbonyl (C=O) groups excluding carboxylic acids is 2. The van der Waals surface area contributed by atoms with Gasteiger partial charge >= 0.3 is 29.4 Å². The SMILES string of the molecule is CCOC(=O)COCC(=O)CCC#Cc1cn(C2CC(O)C(COP(=O)(O)OP(=O)(O)OP(=O)(O)O)O2)c2cccc(N)c12. The summed E-state index contributed by atoms with van der Waals surface area (Å²) >= 11 is 0. The Kier molecular flexibility index (Phi) is 12.5. The third-order valence-corrected chi connectivity index (χ3v) is 9.57. The fourth-order valence-corrected chi connectivity index (χ4v) is 7.09. The standard InChI is InChI=1S/C23H31N2O16P3/c1-2-37-22(28)14-36-12-16(26)7-4-3-6-15-11-25(18-9-5-8-17(24)23(15)18)21-10-19(27)20(39-21)13-38-43(32,33)41-44(34,35)40-42(29,30)31/h5,8-9,11,19-21,27H,2,4,7,10,12-14,24H2,1H3,(H,32,33)(H,34,35)(H2,29,30,31). The van der Waals surface area contributed by atoms with Crippen molar-refractivity contribution in [2.24, 2.45) is 0 Å². The van der Waals surface area contributed by atoms with E-state index in [0.29, 0.717) is 22.2 Å². The monoisotopic (exact) mass is 684 g/mol. The maximum absolute atomic E-state index is 12.0. The number of nitrogens with zero attached hydrogens (tertiary/aromatic N) is 1. The zero-order valence-electron chi connectivity index (χ0n) is 23.1. The number of phosphoric acid groups is 3. The number of phosphoric ester groups is 1. The Bertz CT molecular complexity index is 1560. The molecule has 244 valence electrons. The van der Waals surface area contributed by atoms with E-state index in [1.165, 1.54) is 0 Å². The van der Waals surface area contributed by atoms with E-state index in [4.69, 9.17) is 29.7 Å². The number of aliphatic hydroxyl groups excluding tert-OH is 1. The number of hydrogen-bond acceptors (Lipinski definition) is 13. The number of carbonyl (C=O) groups is 2. The van der Waals surface area contributed by atoms with Crippen LogP contribution in [0.25, 0.3) is 10.9 Å². The maximum atomic E-state index is 12.0. The molecule has 1 aliphatic heterocycles. The number of anilines is 1. The highest BCUT2D eigenvalue weighted by atomic mass is 31.3. The lowest BCUT2D eigenvalue weighted by atomic mass is 10.1. The van der Waals surface area contributed by atoms with Gasteiger partial charge in [0, 0.05) is 36.5 Å². The van der Waals surface area contributed by atoms with Gasteiger partial charge in [0.25, 0.3) is 0 Å². The topological polar surface area (TPSA) is 273 Å². The normalized spacial score (nSPS) is 21.3. The quantitative estimate of drug-likeness (QED) is 0.0671. The predicted octanol–water partition coefficient (Wildman–Crippen LogP) is 1.50. The number of ether oxygens (including phenoxy) is 3. The second-order valence-electron chi connectivity index (χ2n) is 9.15. The summed E-state index contributed by atoms with van der Waals surface area (Å²) in [6, 6.07) is 5.05. The summed E-state index contributed by atoms with van der Waals surface area (Å²) in [4.78, 5) is 59.5. The molecule has 0 amide bonds. The predicted molar refractivity (Wildman–Crippen MR) is 149 cm³/mol. The van der Waals surface area contributed by atoms with Crippen molar-refractivity contribution >= 4 is 51.8 Å². The van der Waals surface area contributed by atoms with Crippen molar-refractivity contribution in [2.75, 3.05) is 32.2 Å². The minimum absolute atomic E-state index is 0.0316. The molecule has 2 heterocycles. The fraction of sp³-hybridized carbons (Fsp3) is 0.478. The molecule has 0 saturated carbocycles. The Morgan fingerprint density at radius 1 is 1.11 bits per heavy atom. The summed E-state index contributed by atoms with van der Waals surface area (Å²) in [5, 5.41) is 11.1. The lowest BCUT2D eigenvalue weighted by Crippen LogP contribution is -2.26. The number of ketones is 1. The number of nitrogen functional groups attached to an aromatic ring is 1. The molecule has 0 bridgehead atoms. The zero-order valence-corrected chi connectivity index (χ0v) is 25.8. The fourth-order valence-electron chi connectivity index (χ4n) is 4.06. The molecule has 44 heavy (non-hydrogen) atoms. The van der Waals surface area contributed by atoms with Crippen LogP contribution in [0.4, 0.5) is 5.69 Å². The molecule has 5 atom stereocenters. The third-order valence-electron chi connectivity index (χ3n) is 5.76. The van der Waals surface area contributed by atoms with Crippen molar-refractivity contribution < 1.29 is 75.3 Å². The summed E-state index contributed by atoms with van der Waals surface area (Å²) < 4.78 is 63.4. The first kappa shape index (κ1) is 36.0. The number of hydrogen-bond donors (Lipinski definition) is 6. The van der Waals surface area contributed by atoms with Crippen molar-refractivity contribution in [3.05, 3.63) is 30.0 Å². The van der Waals surface area contributed by atoms with E-state index in [9.17, 15) is 38.2 Å². The van der Waals surface area contributed by atoms with Crippen LogP contribution in [-0.4, -0.2) is 79.6 Å². The second-order valence-corrected chi connectivity index (χ2v) is 13.6. The lowest BCUT2D eigenvalue weighted by Gasteiger charge is -2.19. The van der Waals surface area contributed by atoms with Crippen molar-refractivity contribution in [1.29, 1.82) is 0 Å². The van der Waals surface area contributed by atoms with Crippen LogP contribution in [0.2, 0.25) is 0 Å². The average molecular weight is 684 g/mol. The van der Waals surface area contributed by atoms with Gasteiger partial charge in [-0.25, -0.2) is 18.5 Å². The summed E-state index contributed by atoms with van der Waals surface area (Å²) in [7, 11) is -16.7. The van der Waals surface area contributed by atoms with E-state index in [1.54, 1.807) is 35.9 Å². The Morgan fingerprint density at radius 2 is 1.84 bits per heavy atom. The van der Waals surface area contributed by atoms with Crippen molar-refractivity contribution in [3.8, 4) is 11.8 Å². The molecule has 1 aliphatic rings. The number of Topliss-reactive ketones (excluding diaryl/α,β-unsaturated/α-hetero) is 1. The Balaban J connectivity index is 1.65. The zero-order chi connectivity index (χ0) is 32.7. The number of aromatic nitrogens is 1. The highest BCUT2D eigenvalue weighted by Gasteiger charge is 2.43. The first-order valence-electron chi connectivity index (χ1n) is 12.7. The number of benzene rings is 1. The minimum Gasteiger partial charge on any atom is -0.464 e. The van der Waals surface area contributed by atoms with Gasteiger partial charge in [-0.05, 0) is 19.1 Å². The summed E-state index contributed by atoms with van der Waals surface area (Å²) in [6.07, 6.45) is -1.51. The van der Waals surface area contributed by atoms with E-state index < -0.39 is 54.5 Å². The second kappa shape index (κ2) is 15.2. The minimum atomic E-state index is -5.71. The molecular weight excluding hydrogens is 653 g/mol. The van der Waals surface area contributed by atoms with Crippen molar-refractivity contribution in [2.45, 2.75) is 44.6 Å². The van der Waals surface area contributed by atoms with Gasteiger partial charge in [0.15, 0.2) is 5.78 Å².